The van der Waals surface area contributed by atoms with Crippen LogP contribution in [0.4, 0.5) is 13.2 Å². The summed E-state index contributed by atoms with van der Waals surface area (Å²) in [4.78, 5) is 24.9. The molecule has 0 fully saturated rings. The van der Waals surface area contributed by atoms with Gasteiger partial charge in [-0.25, -0.2) is 0 Å². The summed E-state index contributed by atoms with van der Waals surface area (Å²) in [6, 6.07) is 7.21. The van der Waals surface area contributed by atoms with E-state index in [0.717, 1.165) is 11.3 Å². The normalized spacial score (nSPS) is 17.6. The van der Waals surface area contributed by atoms with Crippen LogP contribution in [0.1, 0.15) is 18.9 Å². The molecule has 0 aliphatic carbocycles. The van der Waals surface area contributed by atoms with E-state index in [-0.39, 0.29) is 12.1 Å². The number of hydrogen-bond acceptors (Lipinski definition) is 3. The Labute approximate surface area is 137 Å². The van der Waals surface area contributed by atoms with Crippen molar-refractivity contribution in [2.24, 2.45) is 0 Å². The first-order valence-electron chi connectivity index (χ1n) is 7.51. The van der Waals surface area contributed by atoms with Crippen molar-refractivity contribution in [2.75, 3.05) is 13.6 Å². The van der Waals surface area contributed by atoms with E-state index in [1.165, 1.54) is 11.9 Å². The molecule has 5 nitrogen and oxygen atoms in total. The summed E-state index contributed by atoms with van der Waals surface area (Å²) in [5.74, 6) is -0.744. The summed E-state index contributed by atoms with van der Waals surface area (Å²) in [6.45, 7) is 0.335. The topological polar surface area (TPSA) is 58.6 Å². The maximum absolute atomic E-state index is 12.1. The fourth-order valence-electron chi connectivity index (χ4n) is 2.48. The molecule has 0 saturated heterocycles. The second-order valence-electron chi connectivity index (χ2n) is 5.78. The Bertz CT molecular complexity index is 594. The van der Waals surface area contributed by atoms with E-state index in [1.807, 2.05) is 24.3 Å². The number of carbonyl (C=O) groups is 2. The van der Waals surface area contributed by atoms with Crippen LogP contribution in [0.2, 0.25) is 0 Å². The Morgan fingerprint density at radius 3 is 2.67 bits per heavy atom. The molecule has 132 valence electrons. The van der Waals surface area contributed by atoms with Crippen LogP contribution in [0.25, 0.3) is 0 Å². The summed E-state index contributed by atoms with van der Waals surface area (Å²) in [5, 5.41) is 1.69. The van der Waals surface area contributed by atoms with Gasteiger partial charge in [-0.15, -0.1) is 0 Å². The molecule has 1 aromatic rings. The average molecular weight is 344 g/mol. The Hall–Kier alpha value is -2.25. The second-order valence-corrected chi connectivity index (χ2v) is 5.78. The van der Waals surface area contributed by atoms with Crippen LogP contribution in [0.3, 0.4) is 0 Å². The summed E-state index contributed by atoms with van der Waals surface area (Å²) in [5.41, 5.74) is 1.04. The van der Waals surface area contributed by atoms with Crippen molar-refractivity contribution >= 4 is 11.8 Å². The molecule has 1 aliphatic heterocycles. The monoisotopic (exact) mass is 344 g/mol. The number of para-hydroxylation sites is 1. The van der Waals surface area contributed by atoms with Crippen molar-refractivity contribution in [3.8, 4) is 5.75 Å². The molecule has 2 atom stereocenters. The van der Waals surface area contributed by atoms with Crippen molar-refractivity contribution in [1.29, 1.82) is 0 Å². The lowest BCUT2D eigenvalue weighted by molar-refractivity contribution is -0.144. The Morgan fingerprint density at radius 2 is 2.04 bits per heavy atom. The molecule has 1 aromatic carbocycles. The number of fused-ring (bicyclic) bond motifs is 1. The molecule has 1 aliphatic rings. The first kappa shape index (κ1) is 18.1. The molecule has 8 heteroatoms. The SMILES string of the molecule is C[C@H]([C@H]1Cc2ccccc2O1)N(C)C(=O)CC(=O)NCC(F)(F)F. The standard InChI is InChI=1S/C16H19F3N2O3/c1-10(13-7-11-5-3-4-6-12(11)24-13)21(2)15(23)8-14(22)20-9-16(17,18)19/h3-6,10,13H,7-9H2,1-2H3,(H,20,22)/t10-,13-/m1/s1. The minimum absolute atomic E-state index is 0.255. The first-order chi connectivity index (χ1) is 11.2. The maximum Gasteiger partial charge on any atom is 0.405 e. The quantitative estimate of drug-likeness (QED) is 0.830. The van der Waals surface area contributed by atoms with E-state index in [1.54, 1.807) is 12.2 Å². The maximum atomic E-state index is 12.1. The lowest BCUT2D eigenvalue weighted by atomic mass is 10.0. The molecule has 1 heterocycles. The first-order valence-corrected chi connectivity index (χ1v) is 7.51. The van der Waals surface area contributed by atoms with Crippen molar-refractivity contribution in [1.82, 2.24) is 10.2 Å². The molecule has 0 radical (unpaired) electrons. The Morgan fingerprint density at radius 1 is 1.38 bits per heavy atom. The third-order valence-electron chi connectivity index (χ3n) is 4.01. The summed E-state index contributed by atoms with van der Waals surface area (Å²) >= 11 is 0. The van der Waals surface area contributed by atoms with Crippen LogP contribution in [0, 0.1) is 0 Å². The highest BCUT2D eigenvalue weighted by Crippen LogP contribution is 2.30. The lowest BCUT2D eigenvalue weighted by Crippen LogP contribution is -2.46. The zero-order chi connectivity index (χ0) is 17.9. The van der Waals surface area contributed by atoms with Crippen LogP contribution in [-0.4, -0.2) is 48.6 Å². The third-order valence-corrected chi connectivity index (χ3v) is 4.01. The lowest BCUT2D eigenvalue weighted by Gasteiger charge is -2.29. The molecule has 0 unspecified atom stereocenters. The highest BCUT2D eigenvalue weighted by Gasteiger charge is 2.33. The molecule has 0 aromatic heterocycles. The number of hydrogen-bond donors (Lipinski definition) is 1. The molecular formula is C16H19F3N2O3. The minimum Gasteiger partial charge on any atom is -0.488 e. The van der Waals surface area contributed by atoms with Gasteiger partial charge in [0, 0.05) is 13.5 Å². The average Bonchev–Trinajstić information content (AvgIpc) is 2.94. The molecule has 0 spiro atoms. The van der Waals surface area contributed by atoms with E-state index < -0.39 is 31.0 Å². The van der Waals surface area contributed by atoms with Crippen molar-refractivity contribution < 1.29 is 27.5 Å². The highest BCUT2D eigenvalue weighted by molar-refractivity contribution is 5.96. The number of ether oxygens (including phenoxy) is 1. The zero-order valence-electron chi connectivity index (χ0n) is 13.4. The third kappa shape index (κ3) is 4.62. The number of likely N-dealkylation sites (N-methyl/N-ethyl adjacent to an activating group) is 1. The molecule has 0 saturated carbocycles. The Balaban J connectivity index is 1.86. The highest BCUT2D eigenvalue weighted by atomic mass is 19.4. The molecule has 2 amide bonds. The predicted molar refractivity (Wildman–Crippen MR) is 80.5 cm³/mol. The predicted octanol–water partition coefficient (Wildman–Crippen LogP) is 1.91. The molecule has 24 heavy (non-hydrogen) atoms. The van der Waals surface area contributed by atoms with Gasteiger partial charge in [-0.05, 0) is 18.6 Å². The molecule has 1 N–H and O–H groups in total. The van der Waals surface area contributed by atoms with Crippen LogP contribution < -0.4 is 10.1 Å². The van der Waals surface area contributed by atoms with Gasteiger partial charge >= 0.3 is 6.18 Å². The zero-order valence-corrected chi connectivity index (χ0v) is 13.4. The van der Waals surface area contributed by atoms with E-state index >= 15 is 0 Å². The van der Waals surface area contributed by atoms with Gasteiger partial charge in [0.1, 0.15) is 24.8 Å². The van der Waals surface area contributed by atoms with Gasteiger partial charge in [-0.1, -0.05) is 18.2 Å². The number of alkyl halides is 3. The minimum atomic E-state index is -4.50. The molecular weight excluding hydrogens is 325 g/mol. The fourth-order valence-corrected chi connectivity index (χ4v) is 2.48. The van der Waals surface area contributed by atoms with Crippen LogP contribution in [-0.2, 0) is 16.0 Å². The van der Waals surface area contributed by atoms with Gasteiger partial charge < -0.3 is 15.0 Å². The van der Waals surface area contributed by atoms with E-state index in [9.17, 15) is 22.8 Å². The van der Waals surface area contributed by atoms with Crippen LogP contribution >= 0.6 is 0 Å². The summed E-state index contributed by atoms with van der Waals surface area (Å²) in [6.07, 6.45) is -4.75. The van der Waals surface area contributed by atoms with Crippen molar-refractivity contribution in [3.63, 3.8) is 0 Å². The van der Waals surface area contributed by atoms with Gasteiger partial charge in [-0.3, -0.25) is 9.59 Å². The number of benzene rings is 1. The van der Waals surface area contributed by atoms with Gasteiger partial charge in [-0.2, -0.15) is 13.2 Å². The van der Waals surface area contributed by atoms with Crippen LogP contribution in [0.5, 0.6) is 5.75 Å². The largest absolute Gasteiger partial charge is 0.488 e. The number of halogens is 3. The van der Waals surface area contributed by atoms with Gasteiger partial charge in [0.25, 0.3) is 0 Å². The fraction of sp³-hybridized carbons (Fsp3) is 0.500. The summed E-state index contributed by atoms with van der Waals surface area (Å²) < 4.78 is 41.9. The Kier molecular flexibility index (Phi) is 5.36. The second kappa shape index (κ2) is 7.11. The smallest absolute Gasteiger partial charge is 0.405 e. The van der Waals surface area contributed by atoms with Crippen molar-refractivity contribution in [2.45, 2.75) is 38.1 Å². The number of amides is 2. The van der Waals surface area contributed by atoms with Gasteiger partial charge in [0.15, 0.2) is 0 Å². The van der Waals surface area contributed by atoms with E-state index in [0.29, 0.717) is 6.42 Å². The van der Waals surface area contributed by atoms with E-state index in [2.05, 4.69) is 0 Å². The number of nitrogens with zero attached hydrogens (tertiary/aromatic N) is 1. The molecule has 2 rings (SSSR count). The number of carbonyl (C=O) groups excluding carboxylic acids is 2. The molecule has 0 bridgehead atoms. The summed E-state index contributed by atoms with van der Waals surface area (Å²) in [7, 11) is 1.51. The van der Waals surface area contributed by atoms with Gasteiger partial charge in [0.05, 0.1) is 6.04 Å². The van der Waals surface area contributed by atoms with Gasteiger partial charge in [0.2, 0.25) is 11.8 Å². The van der Waals surface area contributed by atoms with E-state index in [4.69, 9.17) is 4.74 Å². The number of rotatable bonds is 5. The van der Waals surface area contributed by atoms with Crippen LogP contribution in [0.15, 0.2) is 24.3 Å². The number of nitrogens with one attached hydrogen (secondary N) is 1. The van der Waals surface area contributed by atoms with Crippen molar-refractivity contribution in [3.05, 3.63) is 29.8 Å².